The van der Waals surface area contributed by atoms with Gasteiger partial charge in [-0.3, -0.25) is 4.79 Å². The molecule has 0 bridgehead atoms. The van der Waals surface area contributed by atoms with Crippen molar-refractivity contribution < 1.29 is 14.3 Å². The molecule has 21 heavy (non-hydrogen) atoms. The lowest BCUT2D eigenvalue weighted by Gasteiger charge is -2.08. The van der Waals surface area contributed by atoms with Crippen LogP contribution >= 0.6 is 0 Å². The molecule has 1 aliphatic heterocycles. The number of rotatable bonds is 3. The molecule has 0 unspecified atom stereocenters. The predicted octanol–water partition coefficient (Wildman–Crippen LogP) is 2.51. The third kappa shape index (κ3) is 2.61. The van der Waals surface area contributed by atoms with Crippen LogP contribution in [0.4, 0.5) is 0 Å². The molecule has 2 radical (unpaired) electrons. The molecule has 0 fully saturated rings. The van der Waals surface area contributed by atoms with Crippen molar-refractivity contribution in [3.63, 3.8) is 0 Å². The highest BCUT2D eigenvalue weighted by atomic mass is 16.5. The van der Waals surface area contributed by atoms with Gasteiger partial charge in [-0.25, -0.2) is 0 Å². The Morgan fingerprint density at radius 1 is 1.14 bits per heavy atom. The van der Waals surface area contributed by atoms with Crippen LogP contribution in [0.25, 0.3) is 0 Å². The molecule has 3 nitrogen and oxygen atoms in total. The summed E-state index contributed by atoms with van der Waals surface area (Å²) < 4.78 is 5.70. The SMILES string of the molecule is [B]CC(=O)Cc1ccc2c(c1)C(=O)c1ccccc1CO2. The summed E-state index contributed by atoms with van der Waals surface area (Å²) >= 11 is 0. The maximum absolute atomic E-state index is 12.6. The molecule has 2 aromatic carbocycles. The van der Waals surface area contributed by atoms with Crippen molar-refractivity contribution in [3.05, 3.63) is 64.7 Å². The van der Waals surface area contributed by atoms with E-state index < -0.39 is 0 Å². The molecule has 102 valence electrons. The van der Waals surface area contributed by atoms with Gasteiger partial charge in [0.2, 0.25) is 0 Å². The molecule has 0 aliphatic carbocycles. The zero-order chi connectivity index (χ0) is 14.8. The van der Waals surface area contributed by atoms with Crippen LogP contribution in [0, 0.1) is 0 Å². The Morgan fingerprint density at radius 2 is 1.95 bits per heavy atom. The molecular formula is C17H13BO3. The number of carbonyl (C=O) groups is 2. The largest absolute Gasteiger partial charge is 0.488 e. The van der Waals surface area contributed by atoms with E-state index in [0.29, 0.717) is 23.5 Å². The number of hydrogen-bond donors (Lipinski definition) is 0. The van der Waals surface area contributed by atoms with Crippen LogP contribution in [0.5, 0.6) is 5.75 Å². The first-order valence-electron chi connectivity index (χ1n) is 6.79. The summed E-state index contributed by atoms with van der Waals surface area (Å²) in [6, 6.07) is 12.7. The highest BCUT2D eigenvalue weighted by Gasteiger charge is 2.22. The summed E-state index contributed by atoms with van der Waals surface area (Å²) in [5.41, 5.74) is 2.81. The molecule has 1 aliphatic rings. The highest BCUT2D eigenvalue weighted by Crippen LogP contribution is 2.29. The number of hydrogen-bond acceptors (Lipinski definition) is 3. The number of ether oxygens (including phenoxy) is 1. The Balaban J connectivity index is 2.02. The molecule has 0 saturated carbocycles. The third-order valence-corrected chi connectivity index (χ3v) is 3.56. The Bertz CT molecular complexity index is 722. The van der Waals surface area contributed by atoms with Crippen molar-refractivity contribution in [1.82, 2.24) is 0 Å². The fraction of sp³-hybridized carbons (Fsp3) is 0.176. The molecule has 4 heteroatoms. The van der Waals surface area contributed by atoms with Gasteiger partial charge in [-0.05, 0) is 24.0 Å². The predicted molar refractivity (Wildman–Crippen MR) is 79.9 cm³/mol. The van der Waals surface area contributed by atoms with Crippen LogP contribution in [0.1, 0.15) is 27.0 Å². The van der Waals surface area contributed by atoms with Gasteiger partial charge in [-0.2, -0.15) is 0 Å². The molecule has 3 rings (SSSR count). The first kappa shape index (κ1) is 13.6. The lowest BCUT2D eigenvalue weighted by Crippen LogP contribution is -2.05. The zero-order valence-corrected chi connectivity index (χ0v) is 11.5. The van der Waals surface area contributed by atoms with Gasteiger partial charge in [0, 0.05) is 17.5 Å². The zero-order valence-electron chi connectivity index (χ0n) is 11.5. The standard InChI is InChI=1S/C17H13BO3/c18-9-13(19)7-11-5-6-16-15(8-11)17(20)14-4-2-1-3-12(14)10-21-16/h1-6,8H,7,9-10H2. The minimum Gasteiger partial charge on any atom is -0.488 e. The summed E-state index contributed by atoms with van der Waals surface area (Å²) in [5.74, 6) is 0.428. The average molecular weight is 276 g/mol. The molecule has 0 N–H and O–H groups in total. The Morgan fingerprint density at radius 3 is 2.76 bits per heavy atom. The average Bonchev–Trinajstić information content (AvgIpc) is 2.65. The number of Topliss-reactive ketones (excluding diaryl/α,β-unsaturated/α-hetero) is 1. The topological polar surface area (TPSA) is 43.4 Å². The number of ketones is 2. The Kier molecular flexibility index (Phi) is 3.61. The summed E-state index contributed by atoms with van der Waals surface area (Å²) in [6.07, 6.45) is 0.239. The maximum atomic E-state index is 12.6. The number of fused-ring (bicyclic) bond motifs is 2. The van der Waals surface area contributed by atoms with E-state index in [-0.39, 0.29) is 24.3 Å². The second-order valence-corrected chi connectivity index (χ2v) is 5.03. The van der Waals surface area contributed by atoms with Crippen LogP contribution in [-0.4, -0.2) is 19.4 Å². The van der Waals surface area contributed by atoms with Crippen molar-refractivity contribution in [1.29, 1.82) is 0 Å². The van der Waals surface area contributed by atoms with Gasteiger partial charge >= 0.3 is 0 Å². The minimum atomic E-state index is -0.0693. The van der Waals surface area contributed by atoms with Crippen LogP contribution < -0.4 is 4.74 Å². The van der Waals surface area contributed by atoms with E-state index in [4.69, 9.17) is 12.6 Å². The van der Waals surface area contributed by atoms with Gasteiger partial charge in [-0.1, -0.05) is 30.3 Å². The lowest BCUT2D eigenvalue weighted by atomic mass is 9.93. The van der Waals surface area contributed by atoms with E-state index in [2.05, 4.69) is 0 Å². The van der Waals surface area contributed by atoms with E-state index in [1.165, 1.54) is 0 Å². The van der Waals surface area contributed by atoms with Gasteiger partial charge in [-0.15, -0.1) is 0 Å². The van der Waals surface area contributed by atoms with E-state index in [1.54, 1.807) is 24.3 Å². The van der Waals surface area contributed by atoms with Crippen molar-refractivity contribution >= 4 is 19.4 Å². The monoisotopic (exact) mass is 276 g/mol. The first-order chi connectivity index (χ1) is 10.2. The normalized spacial score (nSPS) is 12.9. The fourth-order valence-electron chi connectivity index (χ4n) is 2.46. The summed E-state index contributed by atoms with van der Waals surface area (Å²) in [7, 11) is 5.33. The lowest BCUT2D eigenvalue weighted by molar-refractivity contribution is -0.116. The highest BCUT2D eigenvalue weighted by molar-refractivity contribution is 6.20. The number of carbonyl (C=O) groups excluding carboxylic acids is 2. The second kappa shape index (κ2) is 5.56. The number of benzene rings is 2. The van der Waals surface area contributed by atoms with Gasteiger partial charge in [0.05, 0.1) is 13.4 Å². The van der Waals surface area contributed by atoms with Crippen molar-refractivity contribution in [2.45, 2.75) is 19.3 Å². The minimum absolute atomic E-state index is 0.00433. The van der Waals surface area contributed by atoms with Crippen molar-refractivity contribution in [3.8, 4) is 5.75 Å². The van der Waals surface area contributed by atoms with Crippen LogP contribution in [0.3, 0.4) is 0 Å². The maximum Gasteiger partial charge on any atom is 0.197 e. The second-order valence-electron chi connectivity index (χ2n) is 5.03. The van der Waals surface area contributed by atoms with Gasteiger partial charge < -0.3 is 9.53 Å². The van der Waals surface area contributed by atoms with E-state index in [9.17, 15) is 9.59 Å². The van der Waals surface area contributed by atoms with E-state index in [1.807, 2.05) is 18.2 Å². The van der Waals surface area contributed by atoms with Crippen LogP contribution in [0.2, 0.25) is 6.32 Å². The molecule has 1 heterocycles. The van der Waals surface area contributed by atoms with Crippen molar-refractivity contribution in [2.24, 2.45) is 0 Å². The molecule has 0 atom stereocenters. The molecular weight excluding hydrogens is 263 g/mol. The van der Waals surface area contributed by atoms with E-state index >= 15 is 0 Å². The van der Waals surface area contributed by atoms with Crippen LogP contribution in [0.15, 0.2) is 42.5 Å². The molecule has 2 aromatic rings. The van der Waals surface area contributed by atoms with Gasteiger partial charge in [0.15, 0.2) is 5.78 Å². The summed E-state index contributed by atoms with van der Waals surface area (Å²) in [4.78, 5) is 24.1. The molecule has 0 aromatic heterocycles. The summed E-state index contributed by atoms with van der Waals surface area (Å²) in [5, 5.41) is 0. The Hall–Kier alpha value is -2.36. The first-order valence-corrected chi connectivity index (χ1v) is 6.79. The van der Waals surface area contributed by atoms with E-state index in [0.717, 1.165) is 11.1 Å². The van der Waals surface area contributed by atoms with Gasteiger partial charge in [0.1, 0.15) is 18.1 Å². The molecule has 0 saturated heterocycles. The quantitative estimate of drug-likeness (QED) is 0.809. The van der Waals surface area contributed by atoms with Gasteiger partial charge in [0.25, 0.3) is 0 Å². The third-order valence-electron chi connectivity index (χ3n) is 3.56. The smallest absolute Gasteiger partial charge is 0.197 e. The fourth-order valence-corrected chi connectivity index (χ4v) is 2.46. The van der Waals surface area contributed by atoms with Crippen LogP contribution in [-0.2, 0) is 17.8 Å². The summed E-state index contributed by atoms with van der Waals surface area (Å²) in [6.45, 7) is 0.371. The molecule has 0 spiro atoms. The Labute approximate surface area is 124 Å². The van der Waals surface area contributed by atoms with Crippen molar-refractivity contribution in [2.75, 3.05) is 0 Å². The molecule has 0 amide bonds.